The number of nitrogens with zero attached hydrogens (tertiary/aromatic N) is 1. The predicted octanol–water partition coefficient (Wildman–Crippen LogP) is 2.20. The summed E-state index contributed by atoms with van der Waals surface area (Å²) in [4.78, 5) is 25.4. The number of hydrogen-bond donors (Lipinski definition) is 2. The molecule has 21 heavy (non-hydrogen) atoms. The van der Waals surface area contributed by atoms with Gasteiger partial charge in [0.1, 0.15) is 0 Å². The summed E-state index contributed by atoms with van der Waals surface area (Å²) < 4.78 is 0. The molecule has 1 aliphatic rings. The highest BCUT2D eigenvalue weighted by Crippen LogP contribution is 2.33. The molecule has 1 saturated heterocycles. The van der Waals surface area contributed by atoms with Crippen LogP contribution in [0.4, 0.5) is 5.69 Å². The largest absolute Gasteiger partial charge is 0.481 e. The zero-order valence-electron chi connectivity index (χ0n) is 12.3. The summed E-state index contributed by atoms with van der Waals surface area (Å²) in [6.45, 7) is 3.03. The Kier molecular flexibility index (Phi) is 4.83. The van der Waals surface area contributed by atoms with Crippen LogP contribution in [-0.4, -0.2) is 41.5 Å². The van der Waals surface area contributed by atoms with Gasteiger partial charge in [0.15, 0.2) is 0 Å². The molecule has 1 unspecified atom stereocenters. The van der Waals surface area contributed by atoms with E-state index < -0.39 is 11.4 Å². The second kappa shape index (κ2) is 6.61. The van der Waals surface area contributed by atoms with Crippen LogP contribution in [0.3, 0.4) is 0 Å². The number of anilines is 1. The lowest BCUT2D eigenvalue weighted by Gasteiger charge is -2.39. The van der Waals surface area contributed by atoms with Gasteiger partial charge in [-0.15, -0.1) is 0 Å². The van der Waals surface area contributed by atoms with Gasteiger partial charge in [-0.3, -0.25) is 9.59 Å². The molecular formula is C16H22N2O3. The van der Waals surface area contributed by atoms with Crippen molar-refractivity contribution >= 4 is 17.6 Å². The van der Waals surface area contributed by atoms with Gasteiger partial charge in [0, 0.05) is 18.8 Å². The van der Waals surface area contributed by atoms with Crippen molar-refractivity contribution in [3.8, 4) is 0 Å². The zero-order chi connectivity index (χ0) is 15.3. The molecule has 2 N–H and O–H groups in total. The molecule has 0 aromatic heterocycles. The van der Waals surface area contributed by atoms with Crippen LogP contribution in [0.5, 0.6) is 0 Å². The SMILES string of the molecule is CCC1(C(=O)O)CCCN(C(=O)CNc2ccccc2)C1. The lowest BCUT2D eigenvalue weighted by Crippen LogP contribution is -2.50. The number of piperidine rings is 1. The Balaban J connectivity index is 1.94. The summed E-state index contributed by atoms with van der Waals surface area (Å²) in [6.07, 6.45) is 1.95. The minimum Gasteiger partial charge on any atom is -0.481 e. The number of amides is 1. The van der Waals surface area contributed by atoms with E-state index in [1.54, 1.807) is 4.90 Å². The third-order valence-electron chi connectivity index (χ3n) is 4.28. The van der Waals surface area contributed by atoms with Crippen LogP contribution in [0.15, 0.2) is 30.3 Å². The van der Waals surface area contributed by atoms with Crippen LogP contribution in [-0.2, 0) is 9.59 Å². The molecule has 0 saturated carbocycles. The molecule has 2 rings (SSSR count). The molecule has 1 heterocycles. The quantitative estimate of drug-likeness (QED) is 0.872. The Bertz CT molecular complexity index is 504. The Morgan fingerprint density at radius 2 is 2.05 bits per heavy atom. The maximum absolute atomic E-state index is 12.3. The summed E-state index contributed by atoms with van der Waals surface area (Å²) in [7, 11) is 0. The van der Waals surface area contributed by atoms with Crippen LogP contribution in [0.1, 0.15) is 26.2 Å². The van der Waals surface area contributed by atoms with Crippen molar-refractivity contribution in [2.45, 2.75) is 26.2 Å². The average molecular weight is 290 g/mol. The topological polar surface area (TPSA) is 69.6 Å². The summed E-state index contributed by atoms with van der Waals surface area (Å²) >= 11 is 0. The van der Waals surface area contributed by atoms with Crippen molar-refractivity contribution in [3.05, 3.63) is 30.3 Å². The van der Waals surface area contributed by atoms with Crippen molar-refractivity contribution in [2.24, 2.45) is 5.41 Å². The second-order valence-corrected chi connectivity index (χ2v) is 5.58. The van der Waals surface area contributed by atoms with E-state index in [0.717, 1.165) is 12.1 Å². The Labute approximate surface area is 125 Å². The lowest BCUT2D eigenvalue weighted by atomic mass is 9.77. The van der Waals surface area contributed by atoms with E-state index in [-0.39, 0.29) is 12.5 Å². The molecular weight excluding hydrogens is 268 g/mol. The Morgan fingerprint density at radius 1 is 1.33 bits per heavy atom. The fraction of sp³-hybridized carbons (Fsp3) is 0.500. The number of hydrogen-bond acceptors (Lipinski definition) is 3. The minimum atomic E-state index is -0.793. The van der Waals surface area contributed by atoms with E-state index in [2.05, 4.69) is 5.32 Å². The van der Waals surface area contributed by atoms with Crippen molar-refractivity contribution in [1.29, 1.82) is 0 Å². The number of benzene rings is 1. The molecule has 1 atom stereocenters. The Hall–Kier alpha value is -2.04. The van der Waals surface area contributed by atoms with Crippen LogP contribution < -0.4 is 5.32 Å². The van der Waals surface area contributed by atoms with Gasteiger partial charge >= 0.3 is 5.97 Å². The van der Waals surface area contributed by atoms with Crippen LogP contribution >= 0.6 is 0 Å². The van der Waals surface area contributed by atoms with E-state index in [9.17, 15) is 14.7 Å². The number of rotatable bonds is 5. The van der Waals surface area contributed by atoms with E-state index in [4.69, 9.17) is 0 Å². The monoisotopic (exact) mass is 290 g/mol. The highest BCUT2D eigenvalue weighted by molar-refractivity contribution is 5.82. The van der Waals surface area contributed by atoms with Gasteiger partial charge in [0.25, 0.3) is 0 Å². The first-order valence-electron chi connectivity index (χ1n) is 7.37. The molecule has 1 aromatic carbocycles. The normalized spacial score (nSPS) is 21.9. The van der Waals surface area contributed by atoms with Gasteiger partial charge in [-0.05, 0) is 31.4 Å². The van der Waals surface area contributed by atoms with Gasteiger partial charge in [-0.2, -0.15) is 0 Å². The first-order valence-corrected chi connectivity index (χ1v) is 7.37. The number of carboxylic acids is 1. The number of carbonyl (C=O) groups excluding carboxylic acids is 1. The molecule has 0 aliphatic carbocycles. The fourth-order valence-electron chi connectivity index (χ4n) is 2.80. The molecule has 114 valence electrons. The van der Waals surface area contributed by atoms with Gasteiger partial charge < -0.3 is 15.3 Å². The van der Waals surface area contributed by atoms with E-state index in [1.165, 1.54) is 0 Å². The molecule has 0 radical (unpaired) electrons. The summed E-state index contributed by atoms with van der Waals surface area (Å²) in [5.41, 5.74) is 0.114. The standard InChI is InChI=1S/C16H22N2O3/c1-2-16(15(20)21)9-6-10-18(12-16)14(19)11-17-13-7-4-3-5-8-13/h3-5,7-8,17H,2,6,9-12H2,1H3,(H,20,21). The molecule has 1 fully saturated rings. The Morgan fingerprint density at radius 3 is 2.67 bits per heavy atom. The molecule has 0 spiro atoms. The fourth-order valence-corrected chi connectivity index (χ4v) is 2.80. The maximum Gasteiger partial charge on any atom is 0.311 e. The molecule has 1 aromatic rings. The predicted molar refractivity (Wildman–Crippen MR) is 81.1 cm³/mol. The van der Waals surface area contributed by atoms with Crippen molar-refractivity contribution in [1.82, 2.24) is 4.90 Å². The van der Waals surface area contributed by atoms with Crippen LogP contribution in [0.25, 0.3) is 0 Å². The van der Waals surface area contributed by atoms with E-state index in [0.29, 0.717) is 25.9 Å². The minimum absolute atomic E-state index is 0.0439. The molecule has 5 heteroatoms. The molecule has 0 bridgehead atoms. The maximum atomic E-state index is 12.3. The number of likely N-dealkylation sites (tertiary alicyclic amines) is 1. The van der Waals surface area contributed by atoms with Gasteiger partial charge in [-0.1, -0.05) is 25.1 Å². The highest BCUT2D eigenvalue weighted by atomic mass is 16.4. The number of carbonyl (C=O) groups is 2. The van der Waals surface area contributed by atoms with E-state index >= 15 is 0 Å². The molecule has 5 nitrogen and oxygen atoms in total. The van der Waals surface area contributed by atoms with Gasteiger partial charge in [-0.25, -0.2) is 0 Å². The van der Waals surface area contributed by atoms with Crippen LogP contribution in [0, 0.1) is 5.41 Å². The second-order valence-electron chi connectivity index (χ2n) is 5.58. The van der Waals surface area contributed by atoms with Gasteiger partial charge in [0.2, 0.25) is 5.91 Å². The van der Waals surface area contributed by atoms with E-state index in [1.807, 2.05) is 37.3 Å². The number of para-hydroxylation sites is 1. The number of nitrogens with one attached hydrogen (secondary N) is 1. The summed E-state index contributed by atoms with van der Waals surface area (Å²) in [5, 5.41) is 12.5. The number of carboxylic acid groups (broad SMARTS) is 1. The summed E-state index contributed by atoms with van der Waals surface area (Å²) in [5.74, 6) is -0.837. The zero-order valence-corrected chi connectivity index (χ0v) is 12.3. The first-order chi connectivity index (χ1) is 10.1. The third-order valence-corrected chi connectivity index (χ3v) is 4.28. The first kappa shape index (κ1) is 15.4. The van der Waals surface area contributed by atoms with Crippen molar-refractivity contribution in [3.63, 3.8) is 0 Å². The van der Waals surface area contributed by atoms with Crippen molar-refractivity contribution in [2.75, 3.05) is 25.0 Å². The third kappa shape index (κ3) is 3.54. The van der Waals surface area contributed by atoms with Crippen LogP contribution in [0.2, 0.25) is 0 Å². The number of aliphatic carboxylic acids is 1. The van der Waals surface area contributed by atoms with Crippen molar-refractivity contribution < 1.29 is 14.7 Å². The van der Waals surface area contributed by atoms with Gasteiger partial charge in [0.05, 0.1) is 12.0 Å². The average Bonchev–Trinajstić information content (AvgIpc) is 2.53. The highest BCUT2D eigenvalue weighted by Gasteiger charge is 2.41. The smallest absolute Gasteiger partial charge is 0.311 e. The lowest BCUT2D eigenvalue weighted by molar-refractivity contribution is -0.154. The molecule has 1 aliphatic heterocycles. The molecule has 1 amide bonds. The summed E-state index contributed by atoms with van der Waals surface area (Å²) in [6, 6.07) is 9.52.